The normalized spacial score (nSPS) is 10.9. The van der Waals surface area contributed by atoms with E-state index in [-0.39, 0.29) is 0 Å². The predicted molar refractivity (Wildman–Crippen MR) is 88.4 cm³/mol. The second-order valence-electron chi connectivity index (χ2n) is 4.90. The van der Waals surface area contributed by atoms with Crippen molar-refractivity contribution in [3.05, 3.63) is 45.7 Å². The van der Waals surface area contributed by atoms with Gasteiger partial charge in [-0.05, 0) is 46.6 Å². The largest absolute Gasteiger partial charge is 0.487 e. The fraction of sp³-hybridized carbons (Fsp3) is 0.438. The van der Waals surface area contributed by atoms with Crippen molar-refractivity contribution in [3.63, 3.8) is 0 Å². The molecule has 0 radical (unpaired) electrons. The fourth-order valence-corrected chi connectivity index (χ4v) is 2.87. The first-order chi connectivity index (χ1) is 10.2. The lowest BCUT2D eigenvalue weighted by atomic mass is 10.2. The van der Waals surface area contributed by atoms with Crippen molar-refractivity contribution in [2.75, 3.05) is 6.54 Å². The van der Waals surface area contributed by atoms with Gasteiger partial charge in [0.1, 0.15) is 12.4 Å². The highest BCUT2D eigenvalue weighted by atomic mass is 79.9. The number of benzene rings is 1. The van der Waals surface area contributed by atoms with Gasteiger partial charge in [0, 0.05) is 13.6 Å². The number of ether oxygens (including phenoxy) is 1. The van der Waals surface area contributed by atoms with Crippen LogP contribution in [0.1, 0.15) is 30.8 Å². The molecule has 4 nitrogen and oxygen atoms in total. The molecule has 114 valence electrons. The Bertz CT molecular complexity index is 595. The number of aryl methyl sites for hydroxylation is 2. The summed E-state index contributed by atoms with van der Waals surface area (Å²) in [6.07, 6.45) is 0.909. The average Bonchev–Trinajstić information content (AvgIpc) is 2.77. The van der Waals surface area contributed by atoms with Crippen molar-refractivity contribution < 1.29 is 4.74 Å². The Hall–Kier alpha value is -1.33. The fourth-order valence-electron chi connectivity index (χ4n) is 2.14. The van der Waals surface area contributed by atoms with Crippen LogP contribution in [0.5, 0.6) is 5.75 Å². The minimum Gasteiger partial charge on any atom is -0.487 e. The third-order valence-corrected chi connectivity index (χ3v) is 4.27. The Morgan fingerprint density at radius 2 is 2.14 bits per heavy atom. The summed E-state index contributed by atoms with van der Waals surface area (Å²) in [6.45, 7) is 6.54. The van der Waals surface area contributed by atoms with Crippen molar-refractivity contribution in [1.82, 2.24) is 15.1 Å². The van der Waals surface area contributed by atoms with Crippen LogP contribution in [0.3, 0.4) is 0 Å². The van der Waals surface area contributed by atoms with Crippen LogP contribution >= 0.6 is 15.9 Å². The molecular formula is C16H22BrN3O. The highest BCUT2D eigenvalue weighted by Gasteiger charge is 2.12. The Labute approximate surface area is 134 Å². The van der Waals surface area contributed by atoms with Gasteiger partial charge in [-0.15, -0.1) is 0 Å². The highest BCUT2D eigenvalue weighted by molar-refractivity contribution is 9.10. The molecule has 1 heterocycles. The lowest BCUT2D eigenvalue weighted by molar-refractivity contribution is 0.293. The Kier molecular flexibility index (Phi) is 5.82. The number of hydrogen-bond acceptors (Lipinski definition) is 3. The molecule has 0 saturated heterocycles. The maximum Gasteiger partial charge on any atom is 0.131 e. The van der Waals surface area contributed by atoms with Crippen LogP contribution in [0.25, 0.3) is 0 Å². The Morgan fingerprint density at radius 3 is 2.81 bits per heavy atom. The van der Waals surface area contributed by atoms with Gasteiger partial charge in [0.05, 0.1) is 15.9 Å². The van der Waals surface area contributed by atoms with Crippen LogP contribution in [0, 0.1) is 0 Å². The zero-order valence-corrected chi connectivity index (χ0v) is 14.4. The maximum absolute atomic E-state index is 5.91. The van der Waals surface area contributed by atoms with Gasteiger partial charge in [0.25, 0.3) is 0 Å². The molecule has 0 saturated carbocycles. The molecule has 0 unspecified atom stereocenters. The summed E-state index contributed by atoms with van der Waals surface area (Å²) < 4.78 is 8.85. The number of rotatable bonds is 7. The minimum absolute atomic E-state index is 0.509. The molecule has 0 aliphatic rings. The summed E-state index contributed by atoms with van der Waals surface area (Å²) in [4.78, 5) is 0. The van der Waals surface area contributed by atoms with Crippen LogP contribution in [0.2, 0.25) is 0 Å². The van der Waals surface area contributed by atoms with E-state index in [1.165, 1.54) is 5.56 Å². The van der Waals surface area contributed by atoms with E-state index in [0.717, 1.165) is 41.1 Å². The number of nitrogens with one attached hydrogen (secondary N) is 1. The van der Waals surface area contributed by atoms with E-state index in [2.05, 4.69) is 52.3 Å². The molecule has 0 atom stereocenters. The first kappa shape index (κ1) is 16.0. The summed E-state index contributed by atoms with van der Waals surface area (Å²) >= 11 is 3.61. The van der Waals surface area contributed by atoms with E-state index in [1.54, 1.807) is 0 Å². The molecule has 0 aliphatic heterocycles. The van der Waals surface area contributed by atoms with E-state index < -0.39 is 0 Å². The van der Waals surface area contributed by atoms with Gasteiger partial charge in [-0.3, -0.25) is 4.68 Å². The number of halogens is 1. The van der Waals surface area contributed by atoms with E-state index in [1.807, 2.05) is 23.9 Å². The molecular weight excluding hydrogens is 330 g/mol. The Morgan fingerprint density at radius 1 is 1.33 bits per heavy atom. The Balaban J connectivity index is 2.04. The predicted octanol–water partition coefficient (Wildman–Crippen LogP) is 3.43. The first-order valence-electron chi connectivity index (χ1n) is 7.28. The van der Waals surface area contributed by atoms with Gasteiger partial charge in [-0.1, -0.05) is 26.0 Å². The topological polar surface area (TPSA) is 39.1 Å². The standard InChI is InChI=1S/C16H22BrN3O/c1-4-14-16(17)15(20(3)19-14)11-21-13-8-6-7-12(9-13)10-18-5-2/h6-9,18H,4-5,10-11H2,1-3H3. The summed E-state index contributed by atoms with van der Waals surface area (Å²) in [5, 5.41) is 7.80. The van der Waals surface area contributed by atoms with E-state index >= 15 is 0 Å². The molecule has 0 amide bonds. The smallest absolute Gasteiger partial charge is 0.131 e. The van der Waals surface area contributed by atoms with E-state index in [4.69, 9.17) is 4.74 Å². The molecule has 0 spiro atoms. The molecule has 0 fully saturated rings. The first-order valence-corrected chi connectivity index (χ1v) is 8.07. The number of nitrogens with zero attached hydrogens (tertiary/aromatic N) is 2. The zero-order valence-electron chi connectivity index (χ0n) is 12.8. The van der Waals surface area contributed by atoms with Gasteiger partial charge in [-0.25, -0.2) is 0 Å². The van der Waals surface area contributed by atoms with Crippen LogP contribution in [0.4, 0.5) is 0 Å². The summed E-state index contributed by atoms with van der Waals surface area (Å²) in [5.41, 5.74) is 3.36. The van der Waals surface area contributed by atoms with Crippen molar-refractivity contribution >= 4 is 15.9 Å². The molecule has 1 aromatic carbocycles. The summed E-state index contributed by atoms with van der Waals surface area (Å²) in [5.74, 6) is 0.886. The SMILES string of the molecule is CCNCc1cccc(OCc2c(Br)c(CC)nn2C)c1. The van der Waals surface area contributed by atoms with Gasteiger partial charge in [0.2, 0.25) is 0 Å². The third-order valence-electron chi connectivity index (χ3n) is 3.36. The monoisotopic (exact) mass is 351 g/mol. The highest BCUT2D eigenvalue weighted by Crippen LogP contribution is 2.23. The summed E-state index contributed by atoms with van der Waals surface area (Å²) in [7, 11) is 1.95. The van der Waals surface area contributed by atoms with Gasteiger partial charge < -0.3 is 10.1 Å². The quantitative estimate of drug-likeness (QED) is 0.830. The second kappa shape index (κ2) is 7.61. The van der Waals surface area contributed by atoms with Crippen molar-refractivity contribution in [2.24, 2.45) is 7.05 Å². The van der Waals surface area contributed by atoms with Gasteiger partial charge >= 0.3 is 0 Å². The number of aromatic nitrogens is 2. The van der Waals surface area contributed by atoms with Crippen LogP contribution in [0.15, 0.2) is 28.7 Å². The summed E-state index contributed by atoms with van der Waals surface area (Å²) in [6, 6.07) is 8.19. The second-order valence-corrected chi connectivity index (χ2v) is 5.69. The average molecular weight is 352 g/mol. The van der Waals surface area contributed by atoms with Crippen molar-refractivity contribution in [1.29, 1.82) is 0 Å². The molecule has 2 aromatic rings. The molecule has 0 bridgehead atoms. The van der Waals surface area contributed by atoms with Gasteiger partial charge in [-0.2, -0.15) is 5.10 Å². The van der Waals surface area contributed by atoms with E-state index in [0.29, 0.717) is 6.61 Å². The molecule has 5 heteroatoms. The molecule has 1 aromatic heterocycles. The van der Waals surface area contributed by atoms with Crippen molar-refractivity contribution in [2.45, 2.75) is 33.4 Å². The molecule has 21 heavy (non-hydrogen) atoms. The number of hydrogen-bond donors (Lipinski definition) is 1. The van der Waals surface area contributed by atoms with Crippen LogP contribution in [-0.2, 0) is 26.6 Å². The van der Waals surface area contributed by atoms with Crippen molar-refractivity contribution in [3.8, 4) is 5.75 Å². The molecule has 0 aliphatic carbocycles. The van der Waals surface area contributed by atoms with E-state index in [9.17, 15) is 0 Å². The minimum atomic E-state index is 0.509. The molecule has 1 N–H and O–H groups in total. The maximum atomic E-state index is 5.91. The van der Waals surface area contributed by atoms with Crippen LogP contribution < -0.4 is 10.1 Å². The lowest BCUT2D eigenvalue weighted by Gasteiger charge is -2.09. The lowest BCUT2D eigenvalue weighted by Crippen LogP contribution is -2.11. The zero-order chi connectivity index (χ0) is 15.2. The third kappa shape index (κ3) is 4.08. The van der Waals surface area contributed by atoms with Gasteiger partial charge in [0.15, 0.2) is 0 Å². The van der Waals surface area contributed by atoms with Crippen LogP contribution in [-0.4, -0.2) is 16.3 Å². The molecule has 2 rings (SSSR count).